The van der Waals surface area contributed by atoms with Gasteiger partial charge in [-0.25, -0.2) is 8.78 Å². The molecule has 0 amide bonds. The Labute approximate surface area is 90.4 Å². The van der Waals surface area contributed by atoms with Gasteiger partial charge in [-0.1, -0.05) is 6.92 Å². The van der Waals surface area contributed by atoms with Crippen molar-refractivity contribution in [3.63, 3.8) is 0 Å². The Kier molecular flexibility index (Phi) is 7.41. The second kappa shape index (κ2) is 7.37. The number of halogens is 3. The third-order valence-electron chi connectivity index (χ3n) is 2.60. The lowest BCUT2D eigenvalue weighted by Gasteiger charge is -2.33. The second-order valence-electron chi connectivity index (χ2n) is 3.46. The molecule has 0 aromatic heterocycles. The van der Waals surface area contributed by atoms with E-state index in [1.807, 2.05) is 11.8 Å². The molecule has 1 N–H and O–H groups in total. The van der Waals surface area contributed by atoms with Crippen LogP contribution >= 0.6 is 12.4 Å². The minimum atomic E-state index is -2.20. The van der Waals surface area contributed by atoms with Gasteiger partial charge in [0.25, 0.3) is 6.43 Å². The number of nitrogens with one attached hydrogen (secondary N) is 1. The molecule has 0 aromatic rings. The fourth-order valence-corrected chi connectivity index (χ4v) is 1.89. The van der Waals surface area contributed by atoms with E-state index < -0.39 is 6.43 Å². The third-order valence-corrected chi connectivity index (χ3v) is 2.60. The van der Waals surface area contributed by atoms with Crippen molar-refractivity contribution in [3.05, 3.63) is 0 Å². The number of hydrogen-bond acceptors (Lipinski definition) is 2. The van der Waals surface area contributed by atoms with Crippen LogP contribution in [-0.2, 0) is 0 Å². The van der Waals surface area contributed by atoms with Gasteiger partial charge in [-0.15, -0.1) is 12.4 Å². The molecule has 0 atom stereocenters. The molecular formula is C9H19ClF2N2. The summed E-state index contributed by atoms with van der Waals surface area (Å²) in [6.07, 6.45) is -0.198. The average Bonchev–Trinajstić information content (AvgIpc) is 2.15. The van der Waals surface area contributed by atoms with Crippen LogP contribution in [0.5, 0.6) is 0 Å². The molecule has 0 unspecified atom stereocenters. The highest BCUT2D eigenvalue weighted by atomic mass is 35.5. The van der Waals surface area contributed by atoms with Crippen LogP contribution < -0.4 is 5.32 Å². The standard InChI is InChI=1S/C9H18F2N2.ClH/c1-2-13(7-9(10)11)8-3-5-12-6-4-8;/h8-9,12H,2-7H2,1H3;1H. The first kappa shape index (κ1) is 14.1. The normalized spacial score (nSPS) is 18.6. The molecule has 1 rings (SSSR count). The van der Waals surface area contributed by atoms with Gasteiger partial charge < -0.3 is 5.32 Å². The van der Waals surface area contributed by atoms with Crippen LogP contribution in [0.25, 0.3) is 0 Å². The van der Waals surface area contributed by atoms with E-state index in [9.17, 15) is 8.78 Å². The molecular weight excluding hydrogens is 210 g/mol. The molecule has 0 bridgehead atoms. The third kappa shape index (κ3) is 4.53. The van der Waals surface area contributed by atoms with Crippen LogP contribution in [0, 0.1) is 0 Å². The number of alkyl halides is 2. The molecule has 1 fully saturated rings. The van der Waals surface area contributed by atoms with Gasteiger partial charge in [0.05, 0.1) is 6.54 Å². The number of nitrogens with zero attached hydrogens (tertiary/aromatic N) is 1. The summed E-state index contributed by atoms with van der Waals surface area (Å²) in [6, 6.07) is 0.361. The van der Waals surface area contributed by atoms with Crippen LogP contribution in [-0.4, -0.2) is 43.5 Å². The monoisotopic (exact) mass is 228 g/mol. The van der Waals surface area contributed by atoms with Crippen molar-refractivity contribution in [2.45, 2.75) is 32.2 Å². The van der Waals surface area contributed by atoms with Crippen molar-refractivity contribution in [2.75, 3.05) is 26.2 Å². The first-order valence-electron chi connectivity index (χ1n) is 4.97. The van der Waals surface area contributed by atoms with E-state index >= 15 is 0 Å². The lowest BCUT2D eigenvalue weighted by molar-refractivity contribution is 0.0597. The van der Waals surface area contributed by atoms with Crippen molar-refractivity contribution in [2.24, 2.45) is 0 Å². The largest absolute Gasteiger partial charge is 0.317 e. The molecule has 14 heavy (non-hydrogen) atoms. The van der Waals surface area contributed by atoms with Crippen LogP contribution in [0.4, 0.5) is 8.78 Å². The average molecular weight is 229 g/mol. The van der Waals surface area contributed by atoms with Gasteiger partial charge in [-0.05, 0) is 32.5 Å². The Morgan fingerprint density at radius 2 is 1.93 bits per heavy atom. The smallest absolute Gasteiger partial charge is 0.251 e. The van der Waals surface area contributed by atoms with E-state index in [1.54, 1.807) is 0 Å². The van der Waals surface area contributed by atoms with E-state index in [0.717, 1.165) is 32.5 Å². The molecule has 0 aliphatic carbocycles. The fraction of sp³-hybridized carbons (Fsp3) is 1.00. The minimum absolute atomic E-state index is 0. The number of hydrogen-bond donors (Lipinski definition) is 1. The zero-order valence-corrected chi connectivity index (χ0v) is 9.33. The van der Waals surface area contributed by atoms with Gasteiger partial charge in [0.15, 0.2) is 0 Å². The summed E-state index contributed by atoms with van der Waals surface area (Å²) in [4.78, 5) is 1.89. The van der Waals surface area contributed by atoms with Crippen LogP contribution in [0.2, 0.25) is 0 Å². The van der Waals surface area contributed by atoms with E-state index in [-0.39, 0.29) is 19.0 Å². The molecule has 0 saturated carbocycles. The summed E-state index contributed by atoms with van der Waals surface area (Å²) >= 11 is 0. The Morgan fingerprint density at radius 3 is 2.36 bits per heavy atom. The van der Waals surface area contributed by atoms with Gasteiger partial charge in [0.1, 0.15) is 0 Å². The van der Waals surface area contributed by atoms with Crippen molar-refractivity contribution < 1.29 is 8.78 Å². The van der Waals surface area contributed by atoms with Crippen LogP contribution in [0.1, 0.15) is 19.8 Å². The van der Waals surface area contributed by atoms with Crippen molar-refractivity contribution >= 4 is 12.4 Å². The van der Waals surface area contributed by atoms with Crippen molar-refractivity contribution in [1.29, 1.82) is 0 Å². The van der Waals surface area contributed by atoms with E-state index in [1.165, 1.54) is 0 Å². The molecule has 5 heteroatoms. The summed E-state index contributed by atoms with van der Waals surface area (Å²) in [5, 5.41) is 3.23. The Hall–Kier alpha value is 0.0700. The van der Waals surface area contributed by atoms with Crippen LogP contribution in [0.15, 0.2) is 0 Å². The number of rotatable bonds is 4. The first-order valence-corrected chi connectivity index (χ1v) is 4.97. The van der Waals surface area contributed by atoms with E-state index in [0.29, 0.717) is 6.04 Å². The highest BCUT2D eigenvalue weighted by molar-refractivity contribution is 5.85. The van der Waals surface area contributed by atoms with Gasteiger partial charge in [0, 0.05) is 6.04 Å². The SMILES string of the molecule is CCN(CC(F)F)C1CCNCC1.Cl. The lowest BCUT2D eigenvalue weighted by Crippen LogP contribution is -2.44. The molecule has 0 aromatic carbocycles. The Bertz CT molecular complexity index is 141. The van der Waals surface area contributed by atoms with Gasteiger partial charge >= 0.3 is 0 Å². The van der Waals surface area contributed by atoms with Crippen molar-refractivity contribution in [1.82, 2.24) is 10.2 Å². The highest BCUT2D eigenvalue weighted by Crippen LogP contribution is 2.12. The highest BCUT2D eigenvalue weighted by Gasteiger charge is 2.21. The molecule has 2 nitrogen and oxygen atoms in total. The fourth-order valence-electron chi connectivity index (χ4n) is 1.89. The zero-order valence-electron chi connectivity index (χ0n) is 8.51. The van der Waals surface area contributed by atoms with Gasteiger partial charge in [0.2, 0.25) is 0 Å². The van der Waals surface area contributed by atoms with Crippen LogP contribution in [0.3, 0.4) is 0 Å². The summed E-state index contributed by atoms with van der Waals surface area (Å²) in [5.74, 6) is 0. The quantitative estimate of drug-likeness (QED) is 0.789. The summed E-state index contributed by atoms with van der Waals surface area (Å²) in [6.45, 7) is 4.54. The predicted molar refractivity (Wildman–Crippen MR) is 56.4 cm³/mol. The van der Waals surface area contributed by atoms with Gasteiger partial charge in [-0.3, -0.25) is 4.90 Å². The maximum absolute atomic E-state index is 12.2. The maximum atomic E-state index is 12.2. The van der Waals surface area contributed by atoms with Gasteiger partial charge in [-0.2, -0.15) is 0 Å². The number of piperidine rings is 1. The van der Waals surface area contributed by atoms with E-state index in [4.69, 9.17) is 0 Å². The minimum Gasteiger partial charge on any atom is -0.317 e. The van der Waals surface area contributed by atoms with E-state index in [2.05, 4.69) is 5.32 Å². The second-order valence-corrected chi connectivity index (χ2v) is 3.46. The topological polar surface area (TPSA) is 15.3 Å². The Balaban J connectivity index is 0.00000169. The molecule has 1 aliphatic heterocycles. The molecule has 86 valence electrons. The molecule has 0 radical (unpaired) electrons. The lowest BCUT2D eigenvalue weighted by atomic mass is 10.1. The molecule has 1 saturated heterocycles. The maximum Gasteiger partial charge on any atom is 0.251 e. The first-order chi connectivity index (χ1) is 6.24. The summed E-state index contributed by atoms with van der Waals surface area (Å²) in [5.41, 5.74) is 0. The Morgan fingerprint density at radius 1 is 1.36 bits per heavy atom. The molecule has 0 spiro atoms. The molecule has 1 heterocycles. The predicted octanol–water partition coefficient (Wildman–Crippen LogP) is 1.75. The summed E-state index contributed by atoms with van der Waals surface area (Å²) < 4.78 is 24.3. The zero-order chi connectivity index (χ0) is 9.68. The van der Waals surface area contributed by atoms with Crippen molar-refractivity contribution in [3.8, 4) is 0 Å². The summed E-state index contributed by atoms with van der Waals surface area (Å²) in [7, 11) is 0. The molecule has 1 aliphatic rings.